The molecule has 2 aromatic carbocycles. The van der Waals surface area contributed by atoms with Crippen molar-refractivity contribution in [3.8, 4) is 17.6 Å². The van der Waals surface area contributed by atoms with Crippen molar-refractivity contribution < 1.29 is 14.3 Å². The summed E-state index contributed by atoms with van der Waals surface area (Å²) in [7, 11) is 0. The molecule has 34 heavy (non-hydrogen) atoms. The Morgan fingerprint density at radius 1 is 1.15 bits per heavy atom. The fourth-order valence-corrected chi connectivity index (χ4v) is 3.79. The standard InChI is InChI=1S/C25H25ClN4O3S/c1-3-4-5-23-29-30-25(34-23)28-24(31)19(16-27)15-18-6-8-20(9-7-18)32-12-13-33-21-10-11-22(26)17(2)14-21/h6-11,14-15H,3-5,12-13H2,1-2H3,(H,28,30,31)/b19-15-. The minimum Gasteiger partial charge on any atom is -0.490 e. The Hall–Kier alpha value is -3.41. The summed E-state index contributed by atoms with van der Waals surface area (Å²) >= 11 is 7.34. The van der Waals surface area contributed by atoms with Crippen molar-refractivity contribution in [3.05, 3.63) is 69.2 Å². The van der Waals surface area contributed by atoms with Crippen LogP contribution in [-0.4, -0.2) is 29.3 Å². The number of anilines is 1. The van der Waals surface area contributed by atoms with E-state index in [9.17, 15) is 10.1 Å². The summed E-state index contributed by atoms with van der Waals surface area (Å²) in [6, 6.07) is 14.5. The van der Waals surface area contributed by atoms with Gasteiger partial charge in [0.25, 0.3) is 5.91 Å². The molecular formula is C25H25ClN4O3S. The van der Waals surface area contributed by atoms with Gasteiger partial charge in [-0.3, -0.25) is 10.1 Å². The van der Waals surface area contributed by atoms with Crippen LogP contribution >= 0.6 is 22.9 Å². The van der Waals surface area contributed by atoms with Gasteiger partial charge in [-0.15, -0.1) is 10.2 Å². The summed E-state index contributed by atoms with van der Waals surface area (Å²) < 4.78 is 11.4. The summed E-state index contributed by atoms with van der Waals surface area (Å²) in [6.45, 7) is 4.77. The number of benzene rings is 2. The van der Waals surface area contributed by atoms with Gasteiger partial charge >= 0.3 is 0 Å². The van der Waals surface area contributed by atoms with Crippen LogP contribution in [0.4, 0.5) is 5.13 Å². The van der Waals surface area contributed by atoms with Crippen molar-refractivity contribution in [1.82, 2.24) is 10.2 Å². The first-order valence-corrected chi connectivity index (χ1v) is 12.0. The number of aromatic nitrogens is 2. The van der Waals surface area contributed by atoms with E-state index >= 15 is 0 Å². The Balaban J connectivity index is 1.50. The molecule has 0 saturated heterocycles. The van der Waals surface area contributed by atoms with E-state index in [0.29, 0.717) is 34.7 Å². The highest BCUT2D eigenvalue weighted by Gasteiger charge is 2.13. The van der Waals surface area contributed by atoms with Crippen molar-refractivity contribution in [1.29, 1.82) is 5.26 Å². The maximum atomic E-state index is 12.5. The Morgan fingerprint density at radius 3 is 2.53 bits per heavy atom. The molecule has 1 heterocycles. The van der Waals surface area contributed by atoms with Crippen molar-refractivity contribution in [2.45, 2.75) is 33.1 Å². The number of unbranched alkanes of at least 4 members (excludes halogenated alkanes) is 1. The zero-order valence-corrected chi connectivity index (χ0v) is 20.6. The largest absolute Gasteiger partial charge is 0.490 e. The number of nitrogens with zero attached hydrogens (tertiary/aromatic N) is 3. The molecule has 0 bridgehead atoms. The van der Waals surface area contributed by atoms with E-state index in [-0.39, 0.29) is 5.57 Å². The molecule has 0 fully saturated rings. The van der Waals surface area contributed by atoms with E-state index in [4.69, 9.17) is 21.1 Å². The average Bonchev–Trinajstić information content (AvgIpc) is 3.29. The van der Waals surface area contributed by atoms with Gasteiger partial charge in [-0.2, -0.15) is 5.26 Å². The lowest BCUT2D eigenvalue weighted by molar-refractivity contribution is -0.112. The van der Waals surface area contributed by atoms with Gasteiger partial charge in [-0.1, -0.05) is 48.4 Å². The van der Waals surface area contributed by atoms with Crippen LogP contribution in [0.3, 0.4) is 0 Å². The van der Waals surface area contributed by atoms with E-state index in [1.165, 1.54) is 17.4 Å². The summed E-state index contributed by atoms with van der Waals surface area (Å²) in [5, 5.41) is 22.1. The molecule has 0 aliphatic carbocycles. The molecule has 3 rings (SSSR count). The predicted molar refractivity (Wildman–Crippen MR) is 134 cm³/mol. The molecule has 3 aromatic rings. The number of ether oxygens (including phenoxy) is 2. The molecule has 1 aromatic heterocycles. The van der Waals surface area contributed by atoms with Crippen LogP contribution in [0.15, 0.2) is 48.0 Å². The minimum absolute atomic E-state index is 0.0226. The molecule has 0 aliphatic rings. The zero-order valence-electron chi connectivity index (χ0n) is 19.0. The van der Waals surface area contributed by atoms with Gasteiger partial charge < -0.3 is 9.47 Å². The number of nitriles is 1. The van der Waals surface area contributed by atoms with Crippen LogP contribution in [0.5, 0.6) is 11.5 Å². The second kappa shape index (κ2) is 12.7. The third kappa shape index (κ3) is 7.58. The third-order valence-electron chi connectivity index (χ3n) is 4.74. The highest BCUT2D eigenvalue weighted by Crippen LogP contribution is 2.21. The van der Waals surface area contributed by atoms with Gasteiger partial charge in [0.2, 0.25) is 5.13 Å². The molecule has 0 aliphatic heterocycles. The van der Waals surface area contributed by atoms with Crippen LogP contribution in [-0.2, 0) is 11.2 Å². The second-order valence-electron chi connectivity index (χ2n) is 7.41. The molecule has 176 valence electrons. The molecule has 7 nitrogen and oxygen atoms in total. The topological polar surface area (TPSA) is 97.1 Å². The number of carbonyl (C=O) groups excluding carboxylic acids is 1. The number of aryl methyl sites for hydroxylation is 2. The van der Waals surface area contributed by atoms with Crippen LogP contribution in [0.25, 0.3) is 6.08 Å². The number of nitrogens with one attached hydrogen (secondary N) is 1. The maximum Gasteiger partial charge on any atom is 0.268 e. The number of amides is 1. The number of hydrogen-bond donors (Lipinski definition) is 1. The van der Waals surface area contributed by atoms with Crippen molar-refractivity contribution in [3.63, 3.8) is 0 Å². The first-order chi connectivity index (χ1) is 16.5. The molecule has 9 heteroatoms. The van der Waals surface area contributed by atoms with Gasteiger partial charge in [-0.05, 0) is 60.9 Å². The highest BCUT2D eigenvalue weighted by atomic mass is 35.5. The van der Waals surface area contributed by atoms with E-state index in [2.05, 4.69) is 22.4 Å². The van der Waals surface area contributed by atoms with Crippen molar-refractivity contribution in [2.75, 3.05) is 18.5 Å². The highest BCUT2D eigenvalue weighted by molar-refractivity contribution is 7.15. The van der Waals surface area contributed by atoms with Gasteiger partial charge in [0.05, 0.1) is 0 Å². The number of carbonyl (C=O) groups is 1. The Morgan fingerprint density at radius 2 is 1.85 bits per heavy atom. The van der Waals surface area contributed by atoms with Crippen molar-refractivity contribution in [2.24, 2.45) is 0 Å². The molecule has 1 amide bonds. The van der Waals surface area contributed by atoms with Crippen molar-refractivity contribution >= 4 is 40.1 Å². The summed E-state index contributed by atoms with van der Waals surface area (Å²) in [5.74, 6) is 0.874. The molecule has 1 N–H and O–H groups in total. The lowest BCUT2D eigenvalue weighted by atomic mass is 10.1. The maximum absolute atomic E-state index is 12.5. The summed E-state index contributed by atoms with van der Waals surface area (Å²) in [6.07, 6.45) is 4.42. The molecule has 0 saturated carbocycles. The summed E-state index contributed by atoms with van der Waals surface area (Å²) in [5.41, 5.74) is 1.63. The first kappa shape index (κ1) is 25.2. The van der Waals surface area contributed by atoms with E-state index in [0.717, 1.165) is 35.6 Å². The average molecular weight is 497 g/mol. The number of hydrogen-bond acceptors (Lipinski definition) is 7. The van der Waals surface area contributed by atoms with Gasteiger partial charge in [-0.25, -0.2) is 0 Å². The Labute approximate surface area is 208 Å². The Bertz CT molecular complexity index is 1190. The quantitative estimate of drug-likeness (QED) is 0.203. The molecule has 0 atom stereocenters. The normalized spacial score (nSPS) is 11.1. The van der Waals surface area contributed by atoms with Crippen LogP contribution < -0.4 is 14.8 Å². The monoisotopic (exact) mass is 496 g/mol. The lowest BCUT2D eigenvalue weighted by Gasteiger charge is -2.09. The van der Waals surface area contributed by atoms with Crippen LogP contribution in [0.1, 0.15) is 35.9 Å². The predicted octanol–water partition coefficient (Wildman–Crippen LogP) is 5.85. The lowest BCUT2D eigenvalue weighted by Crippen LogP contribution is -2.13. The fourth-order valence-electron chi connectivity index (χ4n) is 2.90. The van der Waals surface area contributed by atoms with Crippen LogP contribution in [0, 0.1) is 18.3 Å². The van der Waals surface area contributed by atoms with Gasteiger partial charge in [0.1, 0.15) is 41.4 Å². The number of rotatable bonds is 11. The smallest absolute Gasteiger partial charge is 0.268 e. The molecular weight excluding hydrogens is 472 g/mol. The van der Waals surface area contributed by atoms with E-state index < -0.39 is 5.91 Å². The number of halogens is 1. The molecule has 0 unspecified atom stereocenters. The van der Waals surface area contributed by atoms with Gasteiger partial charge in [0, 0.05) is 11.4 Å². The van der Waals surface area contributed by atoms with E-state index in [1.807, 2.05) is 25.1 Å². The third-order valence-corrected chi connectivity index (χ3v) is 6.06. The first-order valence-electron chi connectivity index (χ1n) is 10.9. The minimum atomic E-state index is -0.518. The zero-order chi connectivity index (χ0) is 24.3. The Kier molecular flexibility index (Phi) is 9.44. The van der Waals surface area contributed by atoms with Crippen LogP contribution in [0.2, 0.25) is 5.02 Å². The fraction of sp³-hybridized carbons (Fsp3) is 0.280. The van der Waals surface area contributed by atoms with E-state index in [1.54, 1.807) is 30.3 Å². The molecule has 0 spiro atoms. The SMILES string of the molecule is CCCCc1nnc(NC(=O)/C(C#N)=C\c2ccc(OCCOc3ccc(Cl)c(C)c3)cc2)s1. The second-order valence-corrected chi connectivity index (χ2v) is 8.87. The van der Waals surface area contributed by atoms with Gasteiger partial charge in [0.15, 0.2) is 0 Å². The summed E-state index contributed by atoms with van der Waals surface area (Å²) in [4.78, 5) is 12.5. The molecule has 0 radical (unpaired) electrons.